The fourth-order valence-corrected chi connectivity index (χ4v) is 4.51. The zero-order valence-corrected chi connectivity index (χ0v) is 22.2. The zero-order valence-electron chi connectivity index (χ0n) is 21.4. The third-order valence-corrected chi connectivity index (χ3v) is 6.68. The Balaban J connectivity index is 3.81. The van der Waals surface area contributed by atoms with Crippen LogP contribution in [-0.2, 0) is 14.6 Å². The molecule has 0 amide bonds. The number of hydrogen-bond donors (Lipinski definition) is 1. The average molecular weight is 475 g/mol. The Morgan fingerprint density at radius 3 is 1.50 bits per heavy atom. The first-order chi connectivity index (χ1) is 15.5. The maximum absolute atomic E-state index is 10.9. The van der Waals surface area contributed by atoms with Crippen LogP contribution in [0.3, 0.4) is 0 Å². The van der Waals surface area contributed by atoms with E-state index < -0.39 is 10.4 Å². The summed E-state index contributed by atoms with van der Waals surface area (Å²) in [5.74, 6) is 0.0601. The molecular weight excluding hydrogens is 420 g/mol. The van der Waals surface area contributed by atoms with Gasteiger partial charge in [0.05, 0.1) is 6.61 Å². The Labute approximate surface area is 200 Å². The molecule has 0 aliphatic carbocycles. The lowest BCUT2D eigenvalue weighted by molar-refractivity contribution is 0.234. The molecular formula is C27H54O4S. The predicted octanol–water partition coefficient (Wildman–Crippen LogP) is 9.21. The quantitative estimate of drug-likeness (QED) is 0.0813. The van der Waals surface area contributed by atoms with Crippen molar-refractivity contribution in [2.24, 2.45) is 5.92 Å². The highest BCUT2D eigenvalue weighted by Crippen LogP contribution is 2.17. The third kappa shape index (κ3) is 25.9. The molecule has 0 saturated heterocycles. The van der Waals surface area contributed by atoms with Gasteiger partial charge in [-0.15, -0.1) is 0 Å². The normalized spacial score (nSPS) is 13.2. The van der Waals surface area contributed by atoms with Crippen molar-refractivity contribution in [3.05, 3.63) is 12.2 Å². The highest BCUT2D eigenvalue weighted by Gasteiger charge is 2.11. The molecule has 0 heterocycles. The van der Waals surface area contributed by atoms with Crippen LogP contribution >= 0.6 is 0 Å². The minimum absolute atomic E-state index is 0.0453. The van der Waals surface area contributed by atoms with Gasteiger partial charge in [-0.1, -0.05) is 142 Å². The van der Waals surface area contributed by atoms with Crippen LogP contribution in [0.4, 0.5) is 0 Å². The number of unbranched alkanes of at least 4 members (excludes halogenated alkanes) is 18. The van der Waals surface area contributed by atoms with Crippen LogP contribution in [0.15, 0.2) is 12.2 Å². The molecule has 32 heavy (non-hydrogen) atoms. The SMILES string of the molecule is CCCCCCCCCCCCCC/C=C/C(CCCCCCCCC)COS(=O)(=O)O. The van der Waals surface area contributed by atoms with Crippen LogP contribution < -0.4 is 0 Å². The molecule has 0 radical (unpaired) electrons. The van der Waals surface area contributed by atoms with E-state index in [1.165, 1.54) is 116 Å². The van der Waals surface area contributed by atoms with E-state index in [4.69, 9.17) is 4.55 Å². The molecule has 0 aliphatic heterocycles. The summed E-state index contributed by atoms with van der Waals surface area (Å²) in [6.07, 6.45) is 31.1. The highest BCUT2D eigenvalue weighted by molar-refractivity contribution is 7.80. The molecule has 0 fully saturated rings. The summed E-state index contributed by atoms with van der Waals surface area (Å²) in [6, 6.07) is 0. The second-order valence-electron chi connectivity index (χ2n) is 9.49. The van der Waals surface area contributed by atoms with Crippen LogP contribution in [0.25, 0.3) is 0 Å². The summed E-state index contributed by atoms with van der Waals surface area (Å²) >= 11 is 0. The molecule has 0 aromatic rings. The lowest BCUT2D eigenvalue weighted by Gasteiger charge is -2.12. The third-order valence-electron chi connectivity index (χ3n) is 6.24. The van der Waals surface area contributed by atoms with Gasteiger partial charge in [0.2, 0.25) is 0 Å². The van der Waals surface area contributed by atoms with E-state index >= 15 is 0 Å². The second-order valence-corrected chi connectivity index (χ2v) is 10.6. The Kier molecular flexibility index (Phi) is 23.5. The van der Waals surface area contributed by atoms with Gasteiger partial charge in [0.1, 0.15) is 0 Å². The van der Waals surface area contributed by atoms with E-state index in [-0.39, 0.29) is 12.5 Å². The van der Waals surface area contributed by atoms with Crippen LogP contribution in [-0.4, -0.2) is 19.6 Å². The van der Waals surface area contributed by atoms with Crippen molar-refractivity contribution in [1.82, 2.24) is 0 Å². The standard InChI is InChI=1S/C27H54O4S/c1-3-5-7-9-11-12-13-14-15-16-17-19-21-23-25-27(26-31-32(28,29)30)24-22-20-18-10-8-6-4-2/h23,25,27H,3-22,24,26H2,1-2H3,(H,28,29,30)/b25-23+. The number of rotatable bonds is 25. The monoisotopic (exact) mass is 474 g/mol. The molecule has 0 aromatic carbocycles. The Bertz CT molecular complexity index is 502. The van der Waals surface area contributed by atoms with Gasteiger partial charge in [0, 0.05) is 5.92 Å². The summed E-state index contributed by atoms with van der Waals surface area (Å²) in [5, 5.41) is 0. The van der Waals surface area contributed by atoms with Crippen molar-refractivity contribution >= 4 is 10.4 Å². The van der Waals surface area contributed by atoms with Crippen molar-refractivity contribution < 1.29 is 17.2 Å². The van der Waals surface area contributed by atoms with Gasteiger partial charge in [0.25, 0.3) is 0 Å². The molecule has 192 valence electrons. The van der Waals surface area contributed by atoms with Gasteiger partial charge in [0.15, 0.2) is 0 Å². The van der Waals surface area contributed by atoms with Gasteiger partial charge >= 0.3 is 10.4 Å². The van der Waals surface area contributed by atoms with E-state index in [9.17, 15) is 8.42 Å². The highest BCUT2D eigenvalue weighted by atomic mass is 32.3. The van der Waals surface area contributed by atoms with Gasteiger partial charge < -0.3 is 0 Å². The minimum Gasteiger partial charge on any atom is -0.264 e. The molecule has 0 spiro atoms. The molecule has 0 rings (SSSR count). The summed E-state index contributed by atoms with van der Waals surface area (Å²) < 4.78 is 35.4. The second kappa shape index (κ2) is 23.8. The van der Waals surface area contributed by atoms with E-state index in [0.29, 0.717) is 0 Å². The fraction of sp³-hybridized carbons (Fsp3) is 0.926. The Morgan fingerprint density at radius 1 is 0.656 bits per heavy atom. The van der Waals surface area contributed by atoms with Crippen LogP contribution in [0, 0.1) is 5.92 Å². The van der Waals surface area contributed by atoms with E-state index in [1.807, 2.05) is 0 Å². The van der Waals surface area contributed by atoms with Gasteiger partial charge in [-0.3, -0.25) is 4.55 Å². The van der Waals surface area contributed by atoms with Gasteiger partial charge in [-0.05, 0) is 19.3 Å². The topological polar surface area (TPSA) is 63.6 Å². The first kappa shape index (κ1) is 31.6. The molecule has 0 aromatic heterocycles. The van der Waals surface area contributed by atoms with Crippen molar-refractivity contribution in [1.29, 1.82) is 0 Å². The number of hydrogen-bond acceptors (Lipinski definition) is 3. The maximum atomic E-state index is 10.9. The first-order valence-corrected chi connectivity index (χ1v) is 15.1. The van der Waals surface area contributed by atoms with Gasteiger partial charge in [-0.2, -0.15) is 8.42 Å². The predicted molar refractivity (Wildman–Crippen MR) is 138 cm³/mol. The molecule has 1 unspecified atom stereocenters. The molecule has 5 heteroatoms. The molecule has 4 nitrogen and oxygen atoms in total. The molecule has 0 saturated carbocycles. The first-order valence-electron chi connectivity index (χ1n) is 13.8. The van der Waals surface area contributed by atoms with Gasteiger partial charge in [-0.25, -0.2) is 4.18 Å². The Hall–Kier alpha value is -0.390. The average Bonchev–Trinajstić information content (AvgIpc) is 2.75. The molecule has 1 atom stereocenters. The molecule has 1 N–H and O–H groups in total. The minimum atomic E-state index is -4.36. The lowest BCUT2D eigenvalue weighted by atomic mass is 9.99. The van der Waals surface area contributed by atoms with Crippen LogP contribution in [0.2, 0.25) is 0 Å². The number of allylic oxidation sites excluding steroid dienone is 1. The summed E-state index contributed by atoms with van der Waals surface area (Å²) in [7, 11) is -4.36. The molecule has 0 bridgehead atoms. The van der Waals surface area contributed by atoms with E-state index in [1.54, 1.807) is 0 Å². The summed E-state index contributed by atoms with van der Waals surface area (Å²) in [6.45, 7) is 4.54. The van der Waals surface area contributed by atoms with Crippen molar-refractivity contribution in [3.8, 4) is 0 Å². The smallest absolute Gasteiger partial charge is 0.264 e. The largest absolute Gasteiger partial charge is 0.397 e. The van der Waals surface area contributed by atoms with Crippen LogP contribution in [0.1, 0.15) is 149 Å². The van der Waals surface area contributed by atoms with Crippen LogP contribution in [0.5, 0.6) is 0 Å². The zero-order chi connectivity index (χ0) is 23.8. The van der Waals surface area contributed by atoms with E-state index in [0.717, 1.165) is 19.3 Å². The molecule has 0 aliphatic rings. The van der Waals surface area contributed by atoms with Crippen molar-refractivity contribution in [2.45, 2.75) is 149 Å². The summed E-state index contributed by atoms with van der Waals surface area (Å²) in [5.41, 5.74) is 0. The maximum Gasteiger partial charge on any atom is 0.397 e. The lowest BCUT2D eigenvalue weighted by Crippen LogP contribution is -2.12. The summed E-state index contributed by atoms with van der Waals surface area (Å²) in [4.78, 5) is 0. The van der Waals surface area contributed by atoms with Crippen molar-refractivity contribution in [3.63, 3.8) is 0 Å². The van der Waals surface area contributed by atoms with Crippen molar-refractivity contribution in [2.75, 3.05) is 6.61 Å². The van der Waals surface area contributed by atoms with E-state index in [2.05, 4.69) is 30.2 Å². The fourth-order valence-electron chi connectivity index (χ4n) is 4.16. The Morgan fingerprint density at radius 2 is 1.06 bits per heavy atom.